The van der Waals surface area contributed by atoms with Gasteiger partial charge in [-0.1, -0.05) is 0 Å². The van der Waals surface area contributed by atoms with Gasteiger partial charge in [-0.05, 0) is 24.5 Å². The number of rotatable bonds is 4. The maximum absolute atomic E-state index is 9.14. The molecule has 0 saturated heterocycles. The van der Waals surface area contributed by atoms with Crippen LogP contribution in [0.15, 0.2) is 11.2 Å². The molecule has 1 aromatic rings. The van der Waals surface area contributed by atoms with Crippen LogP contribution in [0, 0.1) is 11.3 Å². The number of hydrogen-bond acceptors (Lipinski definition) is 4. The molecule has 3 N–H and O–H groups in total. The molecular formula is C10H14ClN7. The lowest BCUT2D eigenvalue weighted by Crippen LogP contribution is -3.00. The van der Waals surface area contributed by atoms with Crippen LogP contribution < -0.4 is 28.0 Å². The maximum Gasteiger partial charge on any atom is 0.219 e. The molecule has 0 saturated carbocycles. The quantitative estimate of drug-likeness (QED) is 0.310. The molecule has 1 heterocycles. The summed E-state index contributed by atoms with van der Waals surface area (Å²) < 4.78 is 1.60. The molecule has 0 aliphatic carbocycles. The largest absolute Gasteiger partial charge is 1.00 e. The predicted molar refractivity (Wildman–Crippen MR) is 64.4 cm³/mol. The monoisotopic (exact) mass is 267 g/mol. The van der Waals surface area contributed by atoms with Crippen molar-refractivity contribution in [2.24, 2.45) is 5.11 Å². The van der Waals surface area contributed by atoms with Gasteiger partial charge in [0.1, 0.15) is 11.6 Å². The van der Waals surface area contributed by atoms with Crippen molar-refractivity contribution in [3.05, 3.63) is 22.1 Å². The molecular weight excluding hydrogens is 254 g/mol. The average molecular weight is 268 g/mol. The molecule has 0 aromatic carbocycles. The van der Waals surface area contributed by atoms with Gasteiger partial charge in [0.05, 0.1) is 12.2 Å². The van der Waals surface area contributed by atoms with Crippen LogP contribution in [-0.4, -0.2) is 6.54 Å². The fourth-order valence-electron chi connectivity index (χ4n) is 1.59. The number of pyridine rings is 1. The molecule has 0 atom stereocenters. The third kappa shape index (κ3) is 2.94. The second kappa shape index (κ2) is 7.22. The maximum atomic E-state index is 9.14. The van der Waals surface area contributed by atoms with Gasteiger partial charge in [-0.2, -0.15) is 5.26 Å². The highest BCUT2D eigenvalue weighted by atomic mass is 35.5. The van der Waals surface area contributed by atoms with Gasteiger partial charge >= 0.3 is 0 Å². The molecule has 0 unspecified atom stereocenters. The highest BCUT2D eigenvalue weighted by molar-refractivity contribution is 5.66. The summed E-state index contributed by atoms with van der Waals surface area (Å²) in [6.07, 6.45) is 0. The van der Waals surface area contributed by atoms with E-state index in [0.29, 0.717) is 30.2 Å². The van der Waals surface area contributed by atoms with Crippen LogP contribution in [0.1, 0.15) is 19.4 Å². The van der Waals surface area contributed by atoms with Crippen molar-refractivity contribution in [1.82, 2.24) is 0 Å². The van der Waals surface area contributed by atoms with Crippen molar-refractivity contribution < 1.29 is 17.0 Å². The van der Waals surface area contributed by atoms with Crippen LogP contribution in [0.25, 0.3) is 10.4 Å². The summed E-state index contributed by atoms with van der Waals surface area (Å²) in [4.78, 5) is 2.74. The second-order valence-electron chi connectivity index (χ2n) is 3.26. The van der Waals surface area contributed by atoms with Gasteiger partial charge in [0, 0.05) is 17.5 Å². The number of hydrogen-bond donors (Lipinski definition) is 2. The zero-order chi connectivity index (χ0) is 12.8. The number of nitrogen functional groups attached to an aromatic ring is 1. The highest BCUT2D eigenvalue weighted by Crippen LogP contribution is 2.25. The molecule has 0 aliphatic rings. The molecule has 8 heteroatoms. The van der Waals surface area contributed by atoms with Crippen molar-refractivity contribution in [2.45, 2.75) is 20.4 Å². The third-order valence-electron chi connectivity index (χ3n) is 2.29. The van der Waals surface area contributed by atoms with Crippen LogP contribution in [0.4, 0.5) is 17.3 Å². The van der Waals surface area contributed by atoms with Crippen molar-refractivity contribution in [2.75, 3.05) is 17.6 Å². The lowest BCUT2D eigenvalue weighted by atomic mass is 10.2. The molecule has 0 bridgehead atoms. The number of nitrogens with two attached hydrogens (primary N) is 1. The number of nitrogens with one attached hydrogen (secondary N) is 1. The normalized spacial score (nSPS) is 8.72. The first kappa shape index (κ1) is 15.8. The summed E-state index contributed by atoms with van der Waals surface area (Å²) in [5.41, 5.74) is 15.3. The van der Waals surface area contributed by atoms with Gasteiger partial charge < -0.3 is 23.5 Å². The van der Waals surface area contributed by atoms with Gasteiger partial charge in [0.15, 0.2) is 5.82 Å². The molecule has 0 fully saturated rings. The number of nitrogens with zero attached hydrogens (tertiary/aromatic N) is 5. The average Bonchev–Trinajstić information content (AvgIpc) is 2.30. The van der Waals surface area contributed by atoms with E-state index in [4.69, 9.17) is 16.5 Å². The van der Waals surface area contributed by atoms with E-state index in [1.807, 2.05) is 19.9 Å². The Balaban J connectivity index is 0.00000289. The van der Waals surface area contributed by atoms with E-state index in [1.54, 1.807) is 10.6 Å². The van der Waals surface area contributed by atoms with Crippen LogP contribution in [0.2, 0.25) is 0 Å². The molecule has 0 amide bonds. The summed E-state index contributed by atoms with van der Waals surface area (Å²) in [7, 11) is 0. The van der Waals surface area contributed by atoms with Crippen molar-refractivity contribution in [3.8, 4) is 6.07 Å². The minimum absolute atomic E-state index is 0. The number of azide groups is 1. The van der Waals surface area contributed by atoms with E-state index in [2.05, 4.69) is 15.3 Å². The molecule has 7 nitrogen and oxygen atoms in total. The third-order valence-corrected chi connectivity index (χ3v) is 2.29. The first-order valence-electron chi connectivity index (χ1n) is 5.24. The van der Waals surface area contributed by atoms with E-state index >= 15 is 0 Å². The fourth-order valence-corrected chi connectivity index (χ4v) is 1.59. The van der Waals surface area contributed by atoms with Crippen molar-refractivity contribution in [3.63, 3.8) is 0 Å². The second-order valence-corrected chi connectivity index (χ2v) is 3.26. The van der Waals surface area contributed by atoms with E-state index in [-0.39, 0.29) is 18.2 Å². The van der Waals surface area contributed by atoms with E-state index in [9.17, 15) is 0 Å². The summed E-state index contributed by atoms with van der Waals surface area (Å²) in [5, 5.41) is 15.7. The van der Waals surface area contributed by atoms with Gasteiger partial charge in [0.2, 0.25) is 5.82 Å². The Morgan fingerprint density at radius 3 is 2.72 bits per heavy atom. The SMILES string of the molecule is CCNc1cc(N)[n+](CC)c(N=[N+]=[N-])c1C#N.[Cl-]. The summed E-state index contributed by atoms with van der Waals surface area (Å²) >= 11 is 0. The highest BCUT2D eigenvalue weighted by Gasteiger charge is 2.16. The van der Waals surface area contributed by atoms with Gasteiger partial charge in [-0.25, -0.2) is 0 Å². The van der Waals surface area contributed by atoms with Crippen molar-refractivity contribution >= 4 is 17.3 Å². The molecule has 0 aliphatic heterocycles. The Morgan fingerprint density at radius 2 is 2.28 bits per heavy atom. The summed E-state index contributed by atoms with van der Waals surface area (Å²) in [6.45, 7) is 4.95. The standard InChI is InChI=1S/C10H13N7.ClH/c1-3-14-8-5-9(12)17(4-2)10(15-16-13)7(8)6-11;/h5H,3-4H2,1-2H3,(H2,12,14);1H. The van der Waals surface area contributed by atoms with Crippen molar-refractivity contribution in [1.29, 1.82) is 5.26 Å². The van der Waals surface area contributed by atoms with Gasteiger partial charge in [-0.15, -0.1) is 0 Å². The Labute approximate surface area is 111 Å². The predicted octanol–water partition coefficient (Wildman–Crippen LogP) is -1.17. The van der Waals surface area contributed by atoms with E-state index in [0.717, 1.165) is 0 Å². The van der Waals surface area contributed by atoms with Crippen LogP contribution >= 0.6 is 0 Å². The van der Waals surface area contributed by atoms with Crippen LogP contribution in [0.5, 0.6) is 0 Å². The lowest BCUT2D eigenvalue weighted by Gasteiger charge is -2.12. The number of aromatic nitrogens is 1. The number of anilines is 2. The first-order valence-corrected chi connectivity index (χ1v) is 5.24. The molecule has 0 radical (unpaired) electrons. The fraction of sp³-hybridized carbons (Fsp3) is 0.400. The van der Waals surface area contributed by atoms with Crippen LogP contribution in [-0.2, 0) is 6.54 Å². The van der Waals surface area contributed by atoms with Gasteiger partial charge in [-0.3, -0.25) is 4.57 Å². The zero-order valence-corrected chi connectivity index (χ0v) is 10.9. The summed E-state index contributed by atoms with van der Waals surface area (Å²) in [5.74, 6) is 0.693. The first-order chi connectivity index (χ1) is 8.19. The summed E-state index contributed by atoms with van der Waals surface area (Å²) in [6, 6.07) is 3.70. The number of nitriles is 1. The van der Waals surface area contributed by atoms with E-state index < -0.39 is 0 Å². The topological polar surface area (TPSA) is 114 Å². The smallest absolute Gasteiger partial charge is 0.219 e. The molecule has 1 aromatic heterocycles. The zero-order valence-electron chi connectivity index (χ0n) is 10.2. The Bertz CT molecular complexity index is 514. The Hall–Kier alpha value is -2.16. The lowest BCUT2D eigenvalue weighted by molar-refractivity contribution is -0.666. The van der Waals surface area contributed by atoms with Gasteiger partial charge in [0.25, 0.3) is 0 Å². The van der Waals surface area contributed by atoms with Crippen LogP contribution in [0.3, 0.4) is 0 Å². The van der Waals surface area contributed by atoms with E-state index in [1.165, 1.54) is 0 Å². The minimum atomic E-state index is 0. The minimum Gasteiger partial charge on any atom is -1.00 e. The Kier molecular flexibility index (Phi) is 6.35. The molecule has 18 heavy (non-hydrogen) atoms. The molecule has 1 rings (SSSR count). The number of halogens is 1. The molecule has 96 valence electrons. The molecule has 0 spiro atoms. The Morgan fingerprint density at radius 1 is 1.61 bits per heavy atom.